The topological polar surface area (TPSA) is 20.2 Å². The van der Waals surface area contributed by atoms with Crippen LogP contribution in [-0.2, 0) is 6.42 Å². The first-order valence-corrected chi connectivity index (χ1v) is 9.74. The number of aryl methyl sites for hydroxylation is 1. The average Bonchev–Trinajstić information content (AvgIpc) is 2.32. The van der Waals surface area contributed by atoms with E-state index in [4.69, 9.17) is 0 Å². The predicted octanol–water partition coefficient (Wildman–Crippen LogP) is 5.05. The van der Waals surface area contributed by atoms with E-state index in [1.54, 1.807) is 0 Å². The summed E-state index contributed by atoms with van der Waals surface area (Å²) in [7, 11) is -2.21. The summed E-state index contributed by atoms with van der Waals surface area (Å²) in [5, 5.41) is 0. The van der Waals surface area contributed by atoms with Crippen LogP contribution < -0.4 is 0 Å². The molecular formula is C16H26F2OSi. The molecular weight excluding hydrogens is 274 g/mol. The maximum Gasteiger partial charge on any atom is 0.193 e. The van der Waals surface area contributed by atoms with E-state index in [0.29, 0.717) is 23.1 Å². The molecule has 0 aromatic heterocycles. The van der Waals surface area contributed by atoms with Gasteiger partial charge in [0.2, 0.25) is 0 Å². The minimum Gasteiger partial charge on any atom is -0.431 e. The summed E-state index contributed by atoms with van der Waals surface area (Å²) >= 11 is 0. The van der Waals surface area contributed by atoms with Gasteiger partial charge >= 0.3 is 0 Å². The normalized spacial score (nSPS) is 12.4. The smallest absolute Gasteiger partial charge is 0.193 e. The van der Waals surface area contributed by atoms with Gasteiger partial charge in [0, 0.05) is 6.07 Å². The summed E-state index contributed by atoms with van der Waals surface area (Å²) in [6.45, 7) is 8.37. The number of unbranched alkanes of at least 4 members (excludes halogenated alkanes) is 1. The minimum atomic E-state index is -2.21. The molecule has 1 N–H and O–H groups in total. The van der Waals surface area contributed by atoms with E-state index >= 15 is 0 Å². The van der Waals surface area contributed by atoms with Gasteiger partial charge in [-0.1, -0.05) is 34.1 Å². The zero-order chi connectivity index (χ0) is 15.3. The molecule has 1 aromatic rings. The molecule has 0 unspecified atom stereocenters. The van der Waals surface area contributed by atoms with E-state index in [2.05, 4.69) is 27.7 Å². The van der Waals surface area contributed by atoms with Crippen LogP contribution in [0.1, 0.15) is 46.1 Å². The highest BCUT2D eigenvalue weighted by molar-refractivity contribution is 6.75. The van der Waals surface area contributed by atoms with E-state index in [0.717, 1.165) is 25.0 Å². The van der Waals surface area contributed by atoms with Crippen molar-refractivity contribution in [2.24, 2.45) is 0 Å². The molecule has 0 fully saturated rings. The van der Waals surface area contributed by atoms with Gasteiger partial charge in [0.1, 0.15) is 11.6 Å². The molecule has 1 rings (SSSR count). The Labute approximate surface area is 122 Å². The first-order valence-electron chi connectivity index (χ1n) is 7.43. The highest BCUT2D eigenvalue weighted by atomic mass is 28.4. The van der Waals surface area contributed by atoms with E-state index in [-0.39, 0.29) is 0 Å². The fourth-order valence-electron chi connectivity index (χ4n) is 2.74. The second-order valence-electron chi connectivity index (χ2n) is 6.29. The number of halogens is 2. The molecule has 0 spiro atoms. The van der Waals surface area contributed by atoms with E-state index in [1.807, 2.05) is 0 Å². The van der Waals surface area contributed by atoms with Gasteiger partial charge in [-0.05, 0) is 47.7 Å². The molecule has 4 heteroatoms. The molecule has 0 heterocycles. The second-order valence-corrected chi connectivity index (χ2v) is 11.1. The van der Waals surface area contributed by atoms with Gasteiger partial charge < -0.3 is 4.80 Å². The van der Waals surface area contributed by atoms with Crippen molar-refractivity contribution in [1.29, 1.82) is 0 Å². The third kappa shape index (κ3) is 4.67. The first kappa shape index (κ1) is 17.3. The molecule has 114 valence electrons. The lowest BCUT2D eigenvalue weighted by molar-refractivity contribution is 0.484. The Morgan fingerprint density at radius 1 is 0.950 bits per heavy atom. The Morgan fingerprint density at radius 3 is 1.90 bits per heavy atom. The molecule has 0 aliphatic heterocycles. The monoisotopic (exact) mass is 300 g/mol. The van der Waals surface area contributed by atoms with Crippen LogP contribution in [0.3, 0.4) is 0 Å². The Balaban J connectivity index is 2.48. The average molecular weight is 300 g/mol. The maximum absolute atomic E-state index is 13.1. The maximum atomic E-state index is 13.1. The van der Waals surface area contributed by atoms with E-state index < -0.39 is 20.0 Å². The highest BCUT2D eigenvalue weighted by Gasteiger charge is 2.37. The molecule has 1 aromatic carbocycles. The van der Waals surface area contributed by atoms with Crippen molar-refractivity contribution in [3.05, 3.63) is 35.4 Å². The lowest BCUT2D eigenvalue weighted by Crippen LogP contribution is -2.41. The fourth-order valence-corrected chi connectivity index (χ4v) is 6.04. The molecule has 0 aliphatic rings. The molecule has 0 amide bonds. The van der Waals surface area contributed by atoms with Gasteiger partial charge in [0.15, 0.2) is 8.32 Å². The molecule has 0 bridgehead atoms. The quantitative estimate of drug-likeness (QED) is 0.552. The highest BCUT2D eigenvalue weighted by Crippen LogP contribution is 2.34. The molecule has 1 nitrogen and oxygen atoms in total. The Bertz CT molecular complexity index is 404. The van der Waals surface area contributed by atoms with Crippen LogP contribution in [0.2, 0.25) is 17.1 Å². The third-order valence-electron chi connectivity index (χ3n) is 4.21. The van der Waals surface area contributed by atoms with Crippen molar-refractivity contribution in [3.63, 3.8) is 0 Å². The van der Waals surface area contributed by atoms with E-state index in [1.165, 1.54) is 12.1 Å². The van der Waals surface area contributed by atoms with Crippen LogP contribution in [0.4, 0.5) is 8.78 Å². The van der Waals surface area contributed by atoms with Gasteiger partial charge in [-0.25, -0.2) is 8.78 Å². The largest absolute Gasteiger partial charge is 0.431 e. The van der Waals surface area contributed by atoms with Crippen LogP contribution in [-0.4, -0.2) is 13.1 Å². The lowest BCUT2D eigenvalue weighted by atomic mass is 10.1. The van der Waals surface area contributed by atoms with Crippen LogP contribution >= 0.6 is 0 Å². The van der Waals surface area contributed by atoms with Crippen molar-refractivity contribution >= 4 is 8.32 Å². The predicted molar refractivity (Wildman–Crippen MR) is 82.3 cm³/mol. The van der Waals surface area contributed by atoms with Crippen molar-refractivity contribution in [3.8, 4) is 0 Å². The van der Waals surface area contributed by atoms with E-state index in [9.17, 15) is 13.6 Å². The van der Waals surface area contributed by atoms with Crippen molar-refractivity contribution in [2.75, 3.05) is 0 Å². The molecule has 20 heavy (non-hydrogen) atoms. The van der Waals surface area contributed by atoms with Gasteiger partial charge in [0.05, 0.1) is 0 Å². The molecule has 0 saturated heterocycles. The molecule has 0 radical (unpaired) electrons. The summed E-state index contributed by atoms with van der Waals surface area (Å²) < 4.78 is 26.1. The molecule has 0 saturated carbocycles. The summed E-state index contributed by atoms with van der Waals surface area (Å²) in [6, 6.07) is 4.53. The van der Waals surface area contributed by atoms with Gasteiger partial charge in [-0.2, -0.15) is 0 Å². The SMILES string of the molecule is CC(C)[Si](O)(CCCCc1cc(F)cc(F)c1)C(C)C. The Kier molecular flexibility index (Phi) is 6.33. The van der Waals surface area contributed by atoms with Gasteiger partial charge in [-0.3, -0.25) is 0 Å². The molecule has 0 aliphatic carbocycles. The second kappa shape index (κ2) is 7.32. The van der Waals surface area contributed by atoms with Crippen molar-refractivity contribution in [2.45, 2.75) is 64.1 Å². The van der Waals surface area contributed by atoms with Crippen molar-refractivity contribution < 1.29 is 13.6 Å². The summed E-state index contributed by atoms with van der Waals surface area (Å²) in [4.78, 5) is 10.8. The zero-order valence-corrected chi connectivity index (χ0v) is 13.9. The summed E-state index contributed by atoms with van der Waals surface area (Å²) in [5.74, 6) is -1.04. The van der Waals surface area contributed by atoms with Crippen LogP contribution in [0.25, 0.3) is 0 Å². The molecule has 0 atom stereocenters. The first-order chi connectivity index (χ1) is 9.25. The third-order valence-corrected chi connectivity index (χ3v) is 9.37. The number of benzene rings is 1. The standard InChI is InChI=1S/C16H26F2OSi/c1-12(2)20(19,13(3)4)8-6-5-7-14-9-15(17)11-16(18)10-14/h9-13,19H,5-8H2,1-4H3. The number of hydrogen-bond donors (Lipinski definition) is 1. The van der Waals surface area contributed by atoms with Crippen LogP contribution in [0.5, 0.6) is 0 Å². The Morgan fingerprint density at radius 2 is 1.45 bits per heavy atom. The number of hydrogen-bond acceptors (Lipinski definition) is 1. The van der Waals surface area contributed by atoms with Crippen molar-refractivity contribution in [1.82, 2.24) is 0 Å². The van der Waals surface area contributed by atoms with Crippen LogP contribution in [0.15, 0.2) is 18.2 Å². The fraction of sp³-hybridized carbons (Fsp3) is 0.625. The minimum absolute atomic E-state index is 0.342. The van der Waals surface area contributed by atoms with Gasteiger partial charge in [-0.15, -0.1) is 0 Å². The summed E-state index contributed by atoms with van der Waals surface area (Å²) in [6.07, 6.45) is 2.43. The summed E-state index contributed by atoms with van der Waals surface area (Å²) in [5.41, 5.74) is 1.38. The number of rotatable bonds is 7. The lowest BCUT2D eigenvalue weighted by Gasteiger charge is -2.33. The van der Waals surface area contributed by atoms with Crippen LogP contribution in [0, 0.1) is 11.6 Å². The Hall–Kier alpha value is -0.743. The van der Waals surface area contributed by atoms with Gasteiger partial charge in [0.25, 0.3) is 0 Å². The zero-order valence-electron chi connectivity index (χ0n) is 12.9.